The number of hydrogen-bond donors (Lipinski definition) is 0. The van der Waals surface area contributed by atoms with Crippen LogP contribution in [0.3, 0.4) is 0 Å². The highest BCUT2D eigenvalue weighted by Gasteiger charge is 2.50. The van der Waals surface area contributed by atoms with Crippen molar-refractivity contribution in [1.29, 1.82) is 0 Å². The fourth-order valence-electron chi connectivity index (χ4n) is 5.02. The molecule has 5 rings (SSSR count). The number of unbranched alkanes of at least 4 members (excludes halogenated alkanes) is 3. The van der Waals surface area contributed by atoms with Gasteiger partial charge in [-0.15, -0.1) is 0 Å². The predicted molar refractivity (Wildman–Crippen MR) is 127 cm³/mol. The molecular weight excluding hydrogens is 432 g/mol. The molecule has 0 bridgehead atoms. The van der Waals surface area contributed by atoms with Gasteiger partial charge in [0.15, 0.2) is 0 Å². The highest BCUT2D eigenvalue weighted by Crippen LogP contribution is 2.41. The van der Waals surface area contributed by atoms with Crippen molar-refractivity contribution in [2.24, 2.45) is 0 Å². The van der Waals surface area contributed by atoms with Crippen molar-refractivity contribution in [3.05, 3.63) is 63.4 Å². The predicted octanol–water partition coefficient (Wildman–Crippen LogP) is 4.60. The van der Waals surface area contributed by atoms with Gasteiger partial charge in [-0.2, -0.15) is 0 Å². The molecule has 1 aromatic carbocycles. The molecule has 0 saturated carbocycles. The molecule has 0 N–H and O–H groups in total. The molecule has 34 heavy (non-hydrogen) atoms. The van der Waals surface area contributed by atoms with E-state index in [-0.39, 0.29) is 25.0 Å². The quantitative estimate of drug-likeness (QED) is 0.296. The second-order valence-electron chi connectivity index (χ2n) is 9.04. The van der Waals surface area contributed by atoms with E-state index in [1.807, 2.05) is 30.3 Å². The topological polar surface area (TPSA) is 87.5 Å². The summed E-state index contributed by atoms with van der Waals surface area (Å²) < 4.78 is 12.9. The average Bonchev–Trinajstić information content (AvgIpc) is 3.20. The summed E-state index contributed by atoms with van der Waals surface area (Å²) in [5.41, 5.74) is 2.06. The van der Waals surface area contributed by atoms with Gasteiger partial charge in [-0.1, -0.05) is 51.3 Å². The maximum atomic E-state index is 13.5. The minimum absolute atomic E-state index is 0.130. The molecule has 2 aliphatic heterocycles. The molecular formula is C27H28N2O5. The van der Waals surface area contributed by atoms with Gasteiger partial charge in [-0.25, -0.2) is 9.78 Å². The van der Waals surface area contributed by atoms with Gasteiger partial charge in [0, 0.05) is 22.9 Å². The van der Waals surface area contributed by atoms with Gasteiger partial charge < -0.3 is 14.0 Å². The summed E-state index contributed by atoms with van der Waals surface area (Å²) in [6.07, 6.45) is 4.14. The van der Waals surface area contributed by atoms with E-state index < -0.39 is 17.5 Å². The van der Waals surface area contributed by atoms with Crippen molar-refractivity contribution in [2.75, 3.05) is 0 Å². The highest BCUT2D eigenvalue weighted by molar-refractivity contribution is 5.88. The lowest BCUT2D eigenvalue weighted by atomic mass is 9.85. The summed E-state index contributed by atoms with van der Waals surface area (Å²) in [6, 6.07) is 11.7. The smallest absolute Gasteiger partial charge is 0.355 e. The molecule has 0 unspecified atom stereocenters. The Morgan fingerprint density at radius 1 is 1.15 bits per heavy atom. The van der Waals surface area contributed by atoms with Crippen LogP contribution in [0.5, 0.6) is 0 Å². The monoisotopic (exact) mass is 460 g/mol. The number of aromatic nitrogens is 2. The Morgan fingerprint density at radius 3 is 2.76 bits per heavy atom. The van der Waals surface area contributed by atoms with Gasteiger partial charge in [0.25, 0.3) is 5.56 Å². The molecule has 2 aliphatic rings. The molecule has 1 atom stereocenters. The van der Waals surface area contributed by atoms with Crippen LogP contribution in [0, 0.1) is 0 Å². The molecule has 3 aromatic rings. The number of hydrogen-bond acceptors (Lipinski definition) is 6. The normalized spacial score (nSPS) is 18.2. The number of nitrogens with zero attached hydrogens (tertiary/aromatic N) is 2. The van der Waals surface area contributed by atoms with E-state index in [0.29, 0.717) is 35.5 Å². The Morgan fingerprint density at radius 2 is 1.97 bits per heavy atom. The first-order chi connectivity index (χ1) is 16.5. The van der Waals surface area contributed by atoms with Crippen LogP contribution in [0.15, 0.2) is 41.2 Å². The third-order valence-corrected chi connectivity index (χ3v) is 6.91. The molecule has 7 heteroatoms. The lowest BCUT2D eigenvalue weighted by Gasteiger charge is -2.35. The maximum Gasteiger partial charge on any atom is 0.355 e. The first-order valence-corrected chi connectivity index (χ1v) is 12.0. The molecule has 0 fully saturated rings. The number of fused-ring (bicyclic) bond motifs is 5. The van der Waals surface area contributed by atoms with E-state index >= 15 is 0 Å². The Balaban J connectivity index is 1.59. The van der Waals surface area contributed by atoms with E-state index in [4.69, 9.17) is 14.5 Å². The standard InChI is InChI=1S/C27H28N2O5/c1-3-5-6-7-12-23(30)34-27(4-2)20-14-22-24-18(13-17-10-8-9-11-21(17)28-24)15-29(22)25(31)19(20)16-33-26(27)32/h8-11,13-14H,3-7,12,15-16H2,1-2H3/t27-/m0/s1. The molecule has 0 amide bonds. The van der Waals surface area contributed by atoms with E-state index in [2.05, 4.69) is 6.92 Å². The highest BCUT2D eigenvalue weighted by atomic mass is 16.6. The fourth-order valence-corrected chi connectivity index (χ4v) is 5.02. The number of cyclic esters (lactones) is 1. The van der Waals surface area contributed by atoms with E-state index in [1.54, 1.807) is 17.6 Å². The zero-order valence-corrected chi connectivity index (χ0v) is 19.6. The van der Waals surface area contributed by atoms with Gasteiger partial charge in [0.05, 0.1) is 29.0 Å². The molecule has 7 nitrogen and oxygen atoms in total. The van der Waals surface area contributed by atoms with Crippen molar-refractivity contribution in [3.8, 4) is 11.4 Å². The van der Waals surface area contributed by atoms with E-state index in [9.17, 15) is 14.4 Å². The lowest BCUT2D eigenvalue weighted by Crippen LogP contribution is -2.47. The zero-order chi connectivity index (χ0) is 23.9. The third kappa shape index (κ3) is 3.50. The second-order valence-corrected chi connectivity index (χ2v) is 9.04. The van der Waals surface area contributed by atoms with Gasteiger partial charge in [0.1, 0.15) is 6.61 Å². The van der Waals surface area contributed by atoms with Crippen molar-refractivity contribution < 1.29 is 19.1 Å². The Labute approximate surface area is 197 Å². The summed E-state index contributed by atoms with van der Waals surface area (Å²) >= 11 is 0. The average molecular weight is 461 g/mol. The van der Waals surface area contributed by atoms with Gasteiger partial charge in [0.2, 0.25) is 5.60 Å². The van der Waals surface area contributed by atoms with Crippen LogP contribution in [-0.2, 0) is 37.8 Å². The molecule has 2 aromatic heterocycles. The Kier molecular flexibility index (Phi) is 5.71. The minimum atomic E-state index is -1.62. The van der Waals surface area contributed by atoms with Crippen molar-refractivity contribution in [3.63, 3.8) is 0 Å². The van der Waals surface area contributed by atoms with Gasteiger partial charge in [-0.3, -0.25) is 9.59 Å². The number of carbonyl (C=O) groups is 2. The summed E-state index contributed by atoms with van der Waals surface area (Å²) in [6.45, 7) is 4.14. The second kappa shape index (κ2) is 8.70. The Bertz CT molecular complexity index is 1360. The van der Waals surface area contributed by atoms with Crippen LogP contribution in [-0.4, -0.2) is 21.5 Å². The number of rotatable bonds is 7. The number of esters is 2. The van der Waals surface area contributed by atoms with E-state index in [1.165, 1.54) is 0 Å². The summed E-state index contributed by atoms with van der Waals surface area (Å²) in [4.78, 5) is 44.1. The fraction of sp³-hybridized carbons (Fsp3) is 0.407. The minimum Gasteiger partial charge on any atom is -0.457 e. The van der Waals surface area contributed by atoms with Crippen molar-refractivity contribution in [2.45, 2.75) is 71.1 Å². The van der Waals surface area contributed by atoms with Crippen molar-refractivity contribution >= 4 is 22.8 Å². The number of para-hydroxylation sites is 1. The largest absolute Gasteiger partial charge is 0.457 e. The molecule has 176 valence electrons. The number of benzene rings is 1. The maximum absolute atomic E-state index is 13.5. The SMILES string of the molecule is CCCCCCC(=O)O[C@]1(CC)C(=O)OCc2c1cc1n(c2=O)Cc2cc3ccccc3nc2-1. The van der Waals surface area contributed by atoms with Crippen LogP contribution >= 0.6 is 0 Å². The van der Waals surface area contributed by atoms with Crippen molar-refractivity contribution in [1.82, 2.24) is 9.55 Å². The summed E-state index contributed by atoms with van der Waals surface area (Å²) in [5, 5.41) is 1.00. The summed E-state index contributed by atoms with van der Waals surface area (Å²) in [7, 11) is 0. The summed E-state index contributed by atoms with van der Waals surface area (Å²) in [5.74, 6) is -1.08. The van der Waals surface area contributed by atoms with Crippen LogP contribution in [0.25, 0.3) is 22.3 Å². The lowest BCUT2D eigenvalue weighted by molar-refractivity contribution is -0.189. The third-order valence-electron chi connectivity index (χ3n) is 6.91. The van der Waals surface area contributed by atoms with Gasteiger partial charge in [-0.05, 0) is 31.0 Å². The van der Waals surface area contributed by atoms with Crippen LogP contribution in [0.4, 0.5) is 0 Å². The molecule has 0 radical (unpaired) electrons. The number of pyridine rings is 2. The first kappa shape index (κ1) is 22.3. The molecule has 4 heterocycles. The first-order valence-electron chi connectivity index (χ1n) is 12.0. The van der Waals surface area contributed by atoms with Crippen LogP contribution < -0.4 is 5.56 Å². The molecule has 0 spiro atoms. The van der Waals surface area contributed by atoms with Crippen LogP contribution in [0.1, 0.15) is 69.1 Å². The zero-order valence-electron chi connectivity index (χ0n) is 19.6. The van der Waals surface area contributed by atoms with E-state index in [0.717, 1.165) is 35.7 Å². The Hall–Kier alpha value is -3.48. The van der Waals surface area contributed by atoms with Crippen LogP contribution in [0.2, 0.25) is 0 Å². The van der Waals surface area contributed by atoms with Gasteiger partial charge >= 0.3 is 11.9 Å². The number of carbonyl (C=O) groups excluding carboxylic acids is 2. The number of ether oxygens (including phenoxy) is 2. The molecule has 0 saturated heterocycles. The molecule has 0 aliphatic carbocycles.